The Kier molecular flexibility index (Phi) is 6.34. The van der Waals surface area contributed by atoms with E-state index in [4.69, 9.17) is 0 Å². The molecule has 0 radical (unpaired) electrons. The molecule has 3 aromatic carbocycles. The van der Waals surface area contributed by atoms with Crippen LogP contribution in [0.4, 0.5) is 90.4 Å². The molecule has 0 aromatic heterocycles. The van der Waals surface area contributed by atoms with E-state index in [1.54, 1.807) is 0 Å². The van der Waals surface area contributed by atoms with E-state index >= 15 is 0 Å². The lowest BCUT2D eigenvalue weighted by Crippen LogP contribution is -2.65. The van der Waals surface area contributed by atoms with Gasteiger partial charge in [0, 0.05) is 0 Å². The van der Waals surface area contributed by atoms with Crippen LogP contribution in [0.15, 0.2) is 0 Å². The Hall–Kier alpha value is -3.38. The van der Waals surface area contributed by atoms with Crippen molar-refractivity contribution in [1.29, 1.82) is 0 Å². The molecule has 0 fully saturated rings. The molecule has 0 spiro atoms. The first-order valence-electron chi connectivity index (χ1n) is 8.55. The van der Waals surface area contributed by atoms with Crippen molar-refractivity contribution in [2.75, 3.05) is 0 Å². The molecule has 1 nitrogen and oxygen atoms in total. The number of rotatable bonds is 2. The van der Waals surface area contributed by atoms with Crippen molar-refractivity contribution >= 4 is 22.1 Å². The Morgan fingerprint density at radius 3 is 0.892 bits per heavy atom. The molecule has 3 rings (SSSR count). The van der Waals surface area contributed by atoms with Crippen LogP contribution in [0.2, 0.25) is 0 Å². The van der Waals surface area contributed by atoms with Gasteiger partial charge in [0.2, 0.25) is 52.1 Å². The Morgan fingerprint density at radius 1 is 0.297 bits per heavy atom. The predicted molar refractivity (Wildman–Crippen MR) is 83.5 cm³/mol. The highest BCUT2D eigenvalue weighted by molar-refractivity contribution is 5.97. The third-order valence-corrected chi connectivity index (χ3v) is 4.93. The van der Waals surface area contributed by atoms with E-state index in [0.29, 0.717) is 0 Å². The lowest BCUT2D eigenvalue weighted by Gasteiger charge is -2.38. The van der Waals surface area contributed by atoms with Crippen molar-refractivity contribution < 1.29 is 79.0 Å². The summed E-state index contributed by atoms with van der Waals surface area (Å²) in [6.07, 6.45) is -15.4. The average molecular weight is 572 g/mol. The quantitative estimate of drug-likeness (QED) is 0.0956. The molecule has 0 atom stereocenters. The van der Waals surface area contributed by atoms with Gasteiger partial charge in [0.1, 0.15) is 0 Å². The van der Waals surface area contributed by atoms with Crippen molar-refractivity contribution in [3.05, 3.63) is 69.8 Å². The maximum atomic E-state index is 14.7. The van der Waals surface area contributed by atoms with Crippen LogP contribution in [0.25, 0.3) is 10.8 Å². The molecule has 37 heavy (non-hydrogen) atoms. The molecule has 0 bridgehead atoms. The third kappa shape index (κ3) is 3.42. The molecule has 0 aliphatic heterocycles. The lowest BCUT2D eigenvalue weighted by atomic mass is 10.0. The number of hydrogen-bond acceptors (Lipinski definition) is 0. The number of hydrogen-bond donors (Lipinski definition) is 0. The van der Waals surface area contributed by atoms with Crippen LogP contribution in [-0.2, 0) is 0 Å². The predicted octanol–water partition coefficient (Wildman–Crippen LogP) is 8.19. The molecule has 0 N–H and O–H groups in total. The summed E-state index contributed by atoms with van der Waals surface area (Å²) >= 11 is 0. The minimum absolute atomic E-state index is 2.98. The lowest BCUT2D eigenvalue weighted by molar-refractivity contribution is -0.343. The second kappa shape index (κ2) is 8.32. The molecule has 3 aromatic rings. The number of fused-ring (bicyclic) bond motifs is 1. The van der Waals surface area contributed by atoms with Gasteiger partial charge in [-0.2, -0.15) is 13.2 Å². The number of halogens is 18. The zero-order valence-corrected chi connectivity index (χ0v) is 16.3. The number of nitrogens with zero attached hydrogens (tertiary/aromatic N) is 1. The highest BCUT2D eigenvalue weighted by Crippen LogP contribution is 2.59. The summed E-state index contributed by atoms with van der Waals surface area (Å²) in [4.78, 5) is 0. The Morgan fingerprint density at radius 2 is 0.541 bits per heavy atom. The molecule has 0 saturated carbocycles. The van der Waals surface area contributed by atoms with E-state index in [9.17, 15) is 79.0 Å². The molecular formula is C18F18N+. The summed E-state index contributed by atoms with van der Waals surface area (Å²) < 4.78 is 247. The van der Waals surface area contributed by atoms with Crippen LogP contribution in [0, 0.1) is 69.8 Å². The van der Waals surface area contributed by atoms with Crippen LogP contribution < -0.4 is 4.48 Å². The molecule has 0 aliphatic rings. The fourth-order valence-electron chi connectivity index (χ4n) is 3.45. The molecule has 202 valence electrons. The van der Waals surface area contributed by atoms with E-state index < -0.39 is 109 Å². The molecular weight excluding hydrogens is 572 g/mol. The van der Waals surface area contributed by atoms with E-state index in [0.717, 1.165) is 0 Å². The Labute approximate surface area is 189 Å². The number of alkyl halides is 6. The molecule has 0 heterocycles. The number of quaternary nitrogens is 1. The zero-order valence-electron chi connectivity index (χ0n) is 16.3. The maximum absolute atomic E-state index is 14.7. The molecule has 19 heteroatoms. The van der Waals surface area contributed by atoms with E-state index in [-0.39, 0.29) is 0 Å². The van der Waals surface area contributed by atoms with Crippen molar-refractivity contribution in [3.63, 3.8) is 0 Å². The Bertz CT molecular complexity index is 1420. The summed E-state index contributed by atoms with van der Waals surface area (Å²) in [5, 5.41) is -6.27. The van der Waals surface area contributed by atoms with E-state index in [1.165, 1.54) is 0 Å². The van der Waals surface area contributed by atoms with Gasteiger partial charge in [-0.25, -0.2) is 39.5 Å². The fraction of sp³-hybridized carbons (Fsp3) is 0.111. The second-order valence-electron chi connectivity index (χ2n) is 6.82. The second-order valence-corrected chi connectivity index (χ2v) is 6.82. The topological polar surface area (TPSA) is 0 Å². The number of benzene rings is 3. The first kappa shape index (κ1) is 28.2. The Balaban J connectivity index is 2.95. The third-order valence-electron chi connectivity index (χ3n) is 4.93. The summed E-state index contributed by atoms with van der Waals surface area (Å²) in [6.45, 7) is 0. The molecule has 0 saturated heterocycles. The van der Waals surface area contributed by atoms with Crippen molar-refractivity contribution in [2.24, 2.45) is 0 Å². The minimum atomic E-state index is -7.69. The summed E-state index contributed by atoms with van der Waals surface area (Å²) in [6, 6.07) is 0. The highest BCUT2D eigenvalue weighted by Gasteiger charge is 2.78. The van der Waals surface area contributed by atoms with Gasteiger partial charge in [-0.1, -0.05) is 4.48 Å². The fourth-order valence-corrected chi connectivity index (χ4v) is 3.45. The van der Waals surface area contributed by atoms with Gasteiger partial charge in [-0.3, -0.25) is 0 Å². The normalized spacial score (nSPS) is 13.1. The smallest absolute Gasteiger partial charge is 0.203 e. The van der Waals surface area contributed by atoms with Gasteiger partial charge < -0.3 is 0 Å². The van der Waals surface area contributed by atoms with Gasteiger partial charge in [0.15, 0.2) is 29.1 Å². The maximum Gasteiger partial charge on any atom is 0.578 e. The molecule has 0 amide bonds. The van der Waals surface area contributed by atoms with Crippen molar-refractivity contribution in [3.8, 4) is 0 Å². The summed E-state index contributed by atoms with van der Waals surface area (Å²) in [5.41, 5.74) is -8.11. The van der Waals surface area contributed by atoms with Gasteiger partial charge in [-0.15, -0.1) is 26.3 Å². The van der Waals surface area contributed by atoms with Crippen LogP contribution in [0.3, 0.4) is 0 Å². The van der Waals surface area contributed by atoms with Crippen LogP contribution >= 0.6 is 0 Å². The standard InChI is InChI=1S/C18F18N/c19-3-1-2(5(21)7(23)6(3)22)15(12(28)8(24)4(1)20)37(17(31,32)33,18(34,35)36)16-13(29)10(26)9(25)11(27)14(16)30/q+1. The first-order chi connectivity index (χ1) is 16.7. The van der Waals surface area contributed by atoms with Gasteiger partial charge in [-0.05, 0) is 0 Å². The minimum Gasteiger partial charge on any atom is -0.203 e. The van der Waals surface area contributed by atoms with Gasteiger partial charge in [0.05, 0.1) is 10.8 Å². The zero-order chi connectivity index (χ0) is 28.7. The summed E-state index contributed by atoms with van der Waals surface area (Å²) in [7, 11) is 0. The average Bonchev–Trinajstić information content (AvgIpc) is 2.78. The summed E-state index contributed by atoms with van der Waals surface area (Å²) in [5.74, 6) is -42.5. The van der Waals surface area contributed by atoms with E-state index in [1.807, 2.05) is 0 Å². The van der Waals surface area contributed by atoms with Gasteiger partial charge >= 0.3 is 12.6 Å². The van der Waals surface area contributed by atoms with Crippen LogP contribution in [-0.4, -0.2) is 12.6 Å². The van der Waals surface area contributed by atoms with Crippen LogP contribution in [0.1, 0.15) is 0 Å². The molecule has 0 unspecified atom stereocenters. The van der Waals surface area contributed by atoms with Crippen molar-refractivity contribution in [2.45, 2.75) is 12.6 Å². The highest BCUT2D eigenvalue weighted by atomic mass is 19.4. The van der Waals surface area contributed by atoms with Crippen molar-refractivity contribution in [1.82, 2.24) is 4.48 Å². The van der Waals surface area contributed by atoms with Gasteiger partial charge in [0.25, 0.3) is 0 Å². The molecule has 0 aliphatic carbocycles. The monoisotopic (exact) mass is 572 g/mol. The largest absolute Gasteiger partial charge is 0.578 e. The first-order valence-corrected chi connectivity index (χ1v) is 8.55. The van der Waals surface area contributed by atoms with E-state index in [2.05, 4.69) is 0 Å². The SMILES string of the molecule is Fc1c(F)c(F)c([N+](c2c(F)c(F)c(F)c3c(F)c(F)c(F)c(F)c23)(C(F)(F)F)C(F)(F)F)c(F)c1F. The van der Waals surface area contributed by atoms with Crippen LogP contribution in [0.5, 0.6) is 0 Å².